The molecule has 3 rings (SSSR count). The normalized spacial score (nSPS) is 20.0. The summed E-state index contributed by atoms with van der Waals surface area (Å²) in [5, 5.41) is 0.955. The Morgan fingerprint density at radius 1 is 1.04 bits per heavy atom. The second-order valence-electron chi connectivity index (χ2n) is 5.89. The van der Waals surface area contributed by atoms with E-state index in [0.717, 1.165) is 0 Å². The Kier molecular flexibility index (Phi) is 5.33. The molecular formula is C19H16Cl2N2O2. The predicted octanol–water partition coefficient (Wildman–Crippen LogP) is 4.19. The largest absolute Gasteiger partial charge is 0.309 e. The standard InChI is InChI=1S/C19H16Cl2N2O2/c20-12-7-5-11(6-8-12)17(24)16-10-9-14(19(22)23-16)18(25)13-3-1-2-4-15(13)21/h1-8,14,19H,9-10,22H2. The molecule has 128 valence electrons. The third-order valence-electron chi connectivity index (χ3n) is 4.25. The van der Waals surface area contributed by atoms with Gasteiger partial charge in [-0.1, -0.05) is 35.3 Å². The van der Waals surface area contributed by atoms with Crippen LogP contribution in [0.3, 0.4) is 0 Å². The maximum Gasteiger partial charge on any atom is 0.206 e. The Morgan fingerprint density at radius 2 is 1.72 bits per heavy atom. The fourth-order valence-corrected chi connectivity index (χ4v) is 3.24. The molecule has 0 spiro atoms. The number of hydrogen-bond donors (Lipinski definition) is 1. The van der Waals surface area contributed by atoms with Crippen molar-refractivity contribution in [1.82, 2.24) is 0 Å². The van der Waals surface area contributed by atoms with Gasteiger partial charge in [-0.05, 0) is 49.2 Å². The maximum absolute atomic E-state index is 12.7. The molecule has 6 heteroatoms. The van der Waals surface area contributed by atoms with E-state index in [1.165, 1.54) is 0 Å². The molecule has 0 saturated carbocycles. The van der Waals surface area contributed by atoms with Gasteiger partial charge in [0.2, 0.25) is 5.78 Å². The molecule has 1 aliphatic heterocycles. The summed E-state index contributed by atoms with van der Waals surface area (Å²) >= 11 is 11.9. The Bertz CT molecular complexity index is 847. The van der Waals surface area contributed by atoms with Crippen molar-refractivity contribution >= 4 is 40.5 Å². The molecule has 0 fully saturated rings. The van der Waals surface area contributed by atoms with E-state index in [-0.39, 0.29) is 11.6 Å². The molecule has 0 amide bonds. The molecule has 0 radical (unpaired) electrons. The van der Waals surface area contributed by atoms with Gasteiger partial charge in [0.05, 0.1) is 16.7 Å². The van der Waals surface area contributed by atoms with E-state index in [9.17, 15) is 9.59 Å². The lowest BCUT2D eigenvalue weighted by atomic mass is 9.86. The first-order valence-electron chi connectivity index (χ1n) is 7.88. The summed E-state index contributed by atoms with van der Waals surface area (Å²) in [7, 11) is 0. The van der Waals surface area contributed by atoms with E-state index >= 15 is 0 Å². The zero-order valence-electron chi connectivity index (χ0n) is 13.3. The van der Waals surface area contributed by atoms with Crippen molar-refractivity contribution in [2.24, 2.45) is 16.6 Å². The summed E-state index contributed by atoms with van der Waals surface area (Å²) in [6.45, 7) is 0. The molecule has 2 unspecified atom stereocenters. The van der Waals surface area contributed by atoms with Gasteiger partial charge >= 0.3 is 0 Å². The van der Waals surface area contributed by atoms with E-state index in [1.54, 1.807) is 48.5 Å². The van der Waals surface area contributed by atoms with Crippen LogP contribution in [-0.2, 0) is 0 Å². The van der Waals surface area contributed by atoms with Crippen LogP contribution in [0.5, 0.6) is 0 Å². The fourth-order valence-electron chi connectivity index (χ4n) is 2.88. The number of nitrogens with two attached hydrogens (primary N) is 1. The van der Waals surface area contributed by atoms with Gasteiger partial charge in [-0.3, -0.25) is 14.6 Å². The average Bonchev–Trinajstić information content (AvgIpc) is 2.61. The monoisotopic (exact) mass is 374 g/mol. The SMILES string of the molecule is NC1N=C(C(=O)c2ccc(Cl)cc2)CCC1C(=O)c1ccccc1Cl. The number of carbonyl (C=O) groups is 2. The van der Waals surface area contributed by atoms with Crippen molar-refractivity contribution in [2.75, 3.05) is 0 Å². The number of aliphatic imine (C=N–C) groups is 1. The summed E-state index contributed by atoms with van der Waals surface area (Å²) < 4.78 is 0. The number of ketones is 2. The van der Waals surface area contributed by atoms with Crippen LogP contribution in [0.15, 0.2) is 53.5 Å². The lowest BCUT2D eigenvalue weighted by Gasteiger charge is -2.25. The van der Waals surface area contributed by atoms with Crippen molar-refractivity contribution in [3.63, 3.8) is 0 Å². The molecule has 25 heavy (non-hydrogen) atoms. The molecule has 1 aliphatic rings. The van der Waals surface area contributed by atoms with Crippen molar-refractivity contribution in [3.8, 4) is 0 Å². The Labute approximate surface area is 155 Å². The lowest BCUT2D eigenvalue weighted by Crippen LogP contribution is -2.39. The van der Waals surface area contributed by atoms with E-state index < -0.39 is 12.1 Å². The summed E-state index contributed by atoms with van der Waals surface area (Å²) in [6, 6.07) is 13.5. The first kappa shape index (κ1) is 17.8. The highest BCUT2D eigenvalue weighted by Crippen LogP contribution is 2.27. The Morgan fingerprint density at radius 3 is 2.36 bits per heavy atom. The third kappa shape index (κ3) is 3.82. The minimum absolute atomic E-state index is 0.139. The van der Waals surface area contributed by atoms with Crippen molar-refractivity contribution in [1.29, 1.82) is 0 Å². The van der Waals surface area contributed by atoms with Crippen LogP contribution in [-0.4, -0.2) is 23.4 Å². The molecule has 2 aromatic rings. The van der Waals surface area contributed by atoms with Gasteiger partial charge in [-0.25, -0.2) is 0 Å². The average molecular weight is 375 g/mol. The Balaban J connectivity index is 1.79. The van der Waals surface area contributed by atoms with E-state index in [1.807, 2.05) is 0 Å². The number of benzene rings is 2. The molecule has 2 atom stereocenters. The molecule has 0 bridgehead atoms. The van der Waals surface area contributed by atoms with Gasteiger partial charge < -0.3 is 5.73 Å². The van der Waals surface area contributed by atoms with Crippen molar-refractivity contribution < 1.29 is 9.59 Å². The van der Waals surface area contributed by atoms with Gasteiger partial charge in [0.25, 0.3) is 0 Å². The first-order valence-corrected chi connectivity index (χ1v) is 8.64. The zero-order chi connectivity index (χ0) is 18.0. The highest BCUT2D eigenvalue weighted by molar-refractivity contribution is 6.46. The van der Waals surface area contributed by atoms with Gasteiger partial charge in [0.1, 0.15) is 6.17 Å². The van der Waals surface area contributed by atoms with Gasteiger partial charge in [-0.2, -0.15) is 0 Å². The van der Waals surface area contributed by atoms with Crippen LogP contribution in [0, 0.1) is 5.92 Å². The minimum Gasteiger partial charge on any atom is -0.309 e. The van der Waals surface area contributed by atoms with Crippen LogP contribution < -0.4 is 5.73 Å². The molecule has 2 aromatic carbocycles. The van der Waals surface area contributed by atoms with E-state index in [2.05, 4.69) is 4.99 Å². The van der Waals surface area contributed by atoms with E-state index in [0.29, 0.717) is 39.7 Å². The molecule has 2 N–H and O–H groups in total. The van der Waals surface area contributed by atoms with Crippen LogP contribution in [0.4, 0.5) is 0 Å². The number of carbonyl (C=O) groups excluding carboxylic acids is 2. The van der Waals surface area contributed by atoms with Crippen molar-refractivity contribution in [2.45, 2.75) is 19.0 Å². The van der Waals surface area contributed by atoms with Gasteiger partial charge in [0, 0.05) is 16.1 Å². The first-order chi connectivity index (χ1) is 12.0. The lowest BCUT2D eigenvalue weighted by molar-refractivity contribution is 0.0888. The van der Waals surface area contributed by atoms with Gasteiger partial charge in [-0.15, -0.1) is 0 Å². The zero-order valence-corrected chi connectivity index (χ0v) is 14.8. The number of Topliss-reactive ketones (excluding diaryl/α,β-unsaturated/α-hetero) is 2. The fraction of sp³-hybridized carbons (Fsp3) is 0.211. The minimum atomic E-state index is -0.760. The molecule has 0 saturated heterocycles. The maximum atomic E-state index is 12.7. The highest BCUT2D eigenvalue weighted by atomic mass is 35.5. The highest BCUT2D eigenvalue weighted by Gasteiger charge is 2.32. The summed E-state index contributed by atoms with van der Waals surface area (Å²) in [6.07, 6.45) is 0.100. The van der Waals surface area contributed by atoms with Gasteiger partial charge in [0.15, 0.2) is 5.78 Å². The quantitative estimate of drug-likeness (QED) is 0.815. The molecule has 0 aromatic heterocycles. The second kappa shape index (κ2) is 7.48. The summed E-state index contributed by atoms with van der Waals surface area (Å²) in [4.78, 5) is 29.5. The van der Waals surface area contributed by atoms with Crippen LogP contribution in [0.2, 0.25) is 10.0 Å². The molecule has 4 nitrogen and oxygen atoms in total. The third-order valence-corrected chi connectivity index (χ3v) is 4.84. The molecule has 0 aliphatic carbocycles. The second-order valence-corrected chi connectivity index (χ2v) is 6.74. The topological polar surface area (TPSA) is 72.5 Å². The number of rotatable bonds is 4. The number of nitrogens with zero attached hydrogens (tertiary/aromatic N) is 1. The number of halogens is 2. The predicted molar refractivity (Wildman–Crippen MR) is 99.7 cm³/mol. The van der Waals surface area contributed by atoms with Crippen molar-refractivity contribution in [3.05, 3.63) is 69.7 Å². The van der Waals surface area contributed by atoms with Crippen LogP contribution in [0.1, 0.15) is 33.6 Å². The molecular weight excluding hydrogens is 359 g/mol. The van der Waals surface area contributed by atoms with Crippen LogP contribution >= 0.6 is 23.2 Å². The molecule has 1 heterocycles. The smallest absolute Gasteiger partial charge is 0.206 e. The van der Waals surface area contributed by atoms with E-state index in [4.69, 9.17) is 28.9 Å². The number of hydrogen-bond acceptors (Lipinski definition) is 4. The Hall–Kier alpha value is -2.01. The van der Waals surface area contributed by atoms with Crippen LogP contribution in [0.25, 0.3) is 0 Å². The summed E-state index contributed by atoms with van der Waals surface area (Å²) in [5.41, 5.74) is 7.40. The summed E-state index contributed by atoms with van der Waals surface area (Å²) in [5.74, 6) is -0.808.